The Morgan fingerprint density at radius 2 is 1.77 bits per heavy atom. The number of ether oxygens (including phenoxy) is 1. The van der Waals surface area contributed by atoms with Crippen LogP contribution in [0.15, 0.2) is 78.0 Å². The van der Waals surface area contributed by atoms with Gasteiger partial charge in [0.05, 0.1) is 47.5 Å². The SMILES string of the molecule is CC1CN(Cc2ccc3[nH]c(-c4cc(NC(=O)c5cnn(Cc6ccc(C(C)C)cc6)c5)c[nH]c4=O)cc3c2)CC(C)O1. The van der Waals surface area contributed by atoms with Gasteiger partial charge in [0.1, 0.15) is 0 Å². The van der Waals surface area contributed by atoms with E-state index in [1.54, 1.807) is 23.1 Å². The van der Waals surface area contributed by atoms with Gasteiger partial charge in [0.15, 0.2) is 0 Å². The fourth-order valence-electron chi connectivity index (χ4n) is 5.82. The van der Waals surface area contributed by atoms with Crippen molar-refractivity contribution in [2.45, 2.75) is 58.9 Å². The Hall–Kier alpha value is -4.47. The second-order valence-corrected chi connectivity index (χ2v) is 12.0. The third-order valence-electron chi connectivity index (χ3n) is 7.92. The van der Waals surface area contributed by atoms with E-state index in [-0.39, 0.29) is 23.7 Å². The molecule has 0 bridgehead atoms. The summed E-state index contributed by atoms with van der Waals surface area (Å²) in [6, 6.07) is 18.5. The lowest BCUT2D eigenvalue weighted by Crippen LogP contribution is -2.44. The standard InChI is InChI=1S/C34H38N6O3/c1-21(2)26-8-5-24(6-9-26)19-40-20-28(14-36-40)33(41)37-29-13-30(34(42)35-15-29)32-12-27-11-25(7-10-31(27)38-32)18-39-16-22(3)43-23(4)17-39/h5-15,20-23,38H,16-19H2,1-4H3,(H,35,42)(H,37,41). The summed E-state index contributed by atoms with van der Waals surface area (Å²) in [7, 11) is 0. The van der Waals surface area contributed by atoms with Crippen molar-refractivity contribution >= 4 is 22.5 Å². The largest absolute Gasteiger partial charge is 0.373 e. The minimum atomic E-state index is -0.299. The molecule has 1 aliphatic rings. The number of anilines is 1. The molecule has 2 atom stereocenters. The molecular formula is C34H38N6O3. The zero-order valence-electron chi connectivity index (χ0n) is 25.1. The molecule has 5 aromatic rings. The molecule has 6 rings (SSSR count). The van der Waals surface area contributed by atoms with E-state index >= 15 is 0 Å². The van der Waals surface area contributed by atoms with Crippen LogP contribution in [0.4, 0.5) is 5.69 Å². The maximum atomic E-state index is 13.0. The van der Waals surface area contributed by atoms with Gasteiger partial charge in [-0.3, -0.25) is 19.2 Å². The first-order valence-electron chi connectivity index (χ1n) is 14.9. The van der Waals surface area contributed by atoms with Crippen molar-refractivity contribution in [3.05, 3.63) is 106 Å². The minimum Gasteiger partial charge on any atom is -0.373 e. The van der Waals surface area contributed by atoms with Gasteiger partial charge < -0.3 is 20.0 Å². The normalized spacial score (nSPS) is 17.5. The summed E-state index contributed by atoms with van der Waals surface area (Å²) in [5, 5.41) is 8.30. The maximum absolute atomic E-state index is 13.0. The fraction of sp³-hybridized carbons (Fsp3) is 0.324. The van der Waals surface area contributed by atoms with Gasteiger partial charge in [-0.05, 0) is 60.7 Å². The molecule has 1 saturated heterocycles. The van der Waals surface area contributed by atoms with E-state index in [4.69, 9.17) is 4.74 Å². The molecule has 1 aliphatic heterocycles. The van der Waals surface area contributed by atoms with Crippen LogP contribution < -0.4 is 10.9 Å². The van der Waals surface area contributed by atoms with Crippen LogP contribution in [0.1, 0.15) is 60.7 Å². The number of rotatable bonds is 8. The third-order valence-corrected chi connectivity index (χ3v) is 7.92. The number of nitrogens with one attached hydrogen (secondary N) is 3. The summed E-state index contributed by atoms with van der Waals surface area (Å²) in [5.74, 6) is 0.178. The molecule has 222 valence electrons. The predicted octanol–water partition coefficient (Wildman–Crippen LogP) is 5.75. The molecular weight excluding hydrogens is 540 g/mol. The lowest BCUT2D eigenvalue weighted by Gasteiger charge is -2.35. The number of fused-ring (bicyclic) bond motifs is 1. The first-order chi connectivity index (χ1) is 20.7. The van der Waals surface area contributed by atoms with E-state index in [1.807, 2.05) is 6.07 Å². The van der Waals surface area contributed by atoms with Crippen LogP contribution in [0.3, 0.4) is 0 Å². The number of hydrogen-bond acceptors (Lipinski definition) is 5. The number of aromatic nitrogens is 4. The predicted molar refractivity (Wildman–Crippen MR) is 169 cm³/mol. The van der Waals surface area contributed by atoms with E-state index in [1.165, 1.54) is 17.3 Å². The highest BCUT2D eigenvalue weighted by atomic mass is 16.5. The zero-order chi connectivity index (χ0) is 30.1. The van der Waals surface area contributed by atoms with Gasteiger partial charge in [-0.1, -0.05) is 44.2 Å². The smallest absolute Gasteiger partial charge is 0.258 e. The number of aromatic amines is 2. The van der Waals surface area contributed by atoms with Gasteiger partial charge in [0.2, 0.25) is 0 Å². The highest BCUT2D eigenvalue weighted by Gasteiger charge is 2.22. The fourth-order valence-corrected chi connectivity index (χ4v) is 5.82. The Morgan fingerprint density at radius 3 is 2.51 bits per heavy atom. The summed E-state index contributed by atoms with van der Waals surface area (Å²) in [6.07, 6.45) is 5.23. The average Bonchev–Trinajstić information content (AvgIpc) is 3.61. The second-order valence-electron chi connectivity index (χ2n) is 12.0. The molecule has 2 aromatic carbocycles. The van der Waals surface area contributed by atoms with Crippen molar-refractivity contribution in [3.8, 4) is 11.3 Å². The summed E-state index contributed by atoms with van der Waals surface area (Å²) in [4.78, 5) is 34.4. The number of benzene rings is 2. The zero-order valence-corrected chi connectivity index (χ0v) is 25.1. The minimum absolute atomic E-state index is 0.217. The molecule has 1 fully saturated rings. The van der Waals surface area contributed by atoms with Crippen molar-refractivity contribution in [3.63, 3.8) is 0 Å². The molecule has 0 spiro atoms. The molecule has 0 radical (unpaired) electrons. The van der Waals surface area contributed by atoms with Crippen LogP contribution in [0.5, 0.6) is 0 Å². The Balaban J connectivity index is 1.15. The van der Waals surface area contributed by atoms with Gasteiger partial charge in [-0.2, -0.15) is 5.10 Å². The Morgan fingerprint density at radius 1 is 1.02 bits per heavy atom. The van der Waals surface area contributed by atoms with Gasteiger partial charge in [-0.15, -0.1) is 0 Å². The topological polar surface area (TPSA) is 108 Å². The van der Waals surface area contributed by atoms with E-state index in [9.17, 15) is 9.59 Å². The van der Waals surface area contributed by atoms with Crippen LogP contribution >= 0.6 is 0 Å². The monoisotopic (exact) mass is 578 g/mol. The van der Waals surface area contributed by atoms with Crippen molar-refractivity contribution < 1.29 is 9.53 Å². The van der Waals surface area contributed by atoms with Gasteiger partial charge in [0.25, 0.3) is 11.5 Å². The van der Waals surface area contributed by atoms with Crippen molar-refractivity contribution in [1.82, 2.24) is 24.6 Å². The molecule has 3 N–H and O–H groups in total. The first kappa shape index (κ1) is 28.6. The van der Waals surface area contributed by atoms with Crippen LogP contribution in [0.2, 0.25) is 0 Å². The average molecular weight is 579 g/mol. The van der Waals surface area contributed by atoms with E-state index in [2.05, 4.69) is 95.4 Å². The molecule has 0 aliphatic carbocycles. The summed E-state index contributed by atoms with van der Waals surface area (Å²) in [6.45, 7) is 11.8. The molecule has 3 aromatic heterocycles. The van der Waals surface area contributed by atoms with E-state index in [0.29, 0.717) is 35.0 Å². The quantitative estimate of drug-likeness (QED) is 0.217. The summed E-state index contributed by atoms with van der Waals surface area (Å²) in [5.41, 5.74) is 6.39. The van der Waals surface area contributed by atoms with Crippen molar-refractivity contribution in [2.24, 2.45) is 0 Å². The van der Waals surface area contributed by atoms with Crippen LogP contribution in [-0.4, -0.2) is 55.9 Å². The number of pyridine rings is 1. The number of amides is 1. The number of morpholine rings is 1. The molecule has 1 amide bonds. The lowest BCUT2D eigenvalue weighted by atomic mass is 10.0. The van der Waals surface area contributed by atoms with Gasteiger partial charge >= 0.3 is 0 Å². The molecule has 43 heavy (non-hydrogen) atoms. The molecule has 0 saturated carbocycles. The summed E-state index contributed by atoms with van der Waals surface area (Å²) >= 11 is 0. The maximum Gasteiger partial charge on any atom is 0.258 e. The Kier molecular flexibility index (Phi) is 8.01. The highest BCUT2D eigenvalue weighted by molar-refractivity contribution is 6.04. The summed E-state index contributed by atoms with van der Waals surface area (Å²) < 4.78 is 7.62. The molecule has 9 heteroatoms. The van der Waals surface area contributed by atoms with Crippen LogP contribution in [0.25, 0.3) is 22.2 Å². The number of nitrogens with zero attached hydrogens (tertiary/aromatic N) is 3. The van der Waals surface area contributed by atoms with E-state index in [0.717, 1.165) is 36.1 Å². The van der Waals surface area contributed by atoms with E-state index < -0.39 is 0 Å². The van der Waals surface area contributed by atoms with Crippen molar-refractivity contribution in [2.75, 3.05) is 18.4 Å². The van der Waals surface area contributed by atoms with Gasteiger partial charge in [0, 0.05) is 42.9 Å². The van der Waals surface area contributed by atoms with Crippen LogP contribution in [0, 0.1) is 0 Å². The lowest BCUT2D eigenvalue weighted by molar-refractivity contribution is -0.0704. The molecule has 2 unspecified atom stereocenters. The highest BCUT2D eigenvalue weighted by Crippen LogP contribution is 2.26. The molecule has 4 heterocycles. The Labute approximate surface area is 250 Å². The number of carbonyl (C=O) groups excluding carboxylic acids is 1. The third kappa shape index (κ3) is 6.63. The first-order valence-corrected chi connectivity index (χ1v) is 14.9. The van der Waals surface area contributed by atoms with Gasteiger partial charge in [-0.25, -0.2) is 0 Å². The van der Waals surface area contributed by atoms with Crippen LogP contribution in [-0.2, 0) is 17.8 Å². The van der Waals surface area contributed by atoms with Crippen molar-refractivity contribution in [1.29, 1.82) is 0 Å². The number of hydrogen-bond donors (Lipinski definition) is 3. The number of carbonyl (C=O) groups is 1. The Bertz CT molecular complexity index is 1790. The second kappa shape index (κ2) is 12.0. The number of H-pyrrole nitrogens is 2. The molecule has 9 nitrogen and oxygen atoms in total.